The molecule has 1 N–H and O–H groups in total. The Morgan fingerprint density at radius 2 is 2.00 bits per heavy atom. The van der Waals surface area contributed by atoms with Crippen LogP contribution < -0.4 is 0 Å². The number of amides is 2. The smallest absolute Gasteiger partial charge is 0.270 e. The summed E-state index contributed by atoms with van der Waals surface area (Å²) in [7, 11) is 1.82. The first-order valence-electron chi connectivity index (χ1n) is 10.3. The SMILES string of the molecule is Cc1cc[nH]c1C(=O)N(C)C1CCN(C(=O)c2cnn(C3CCCCC3)c2)C1. The van der Waals surface area contributed by atoms with Crippen molar-refractivity contribution in [1.29, 1.82) is 0 Å². The van der Waals surface area contributed by atoms with Crippen molar-refractivity contribution in [3.05, 3.63) is 41.5 Å². The van der Waals surface area contributed by atoms with Crippen molar-refractivity contribution >= 4 is 11.8 Å². The van der Waals surface area contributed by atoms with Gasteiger partial charge in [0, 0.05) is 32.5 Å². The van der Waals surface area contributed by atoms with E-state index in [0.29, 0.717) is 30.4 Å². The van der Waals surface area contributed by atoms with Gasteiger partial charge in [0.25, 0.3) is 11.8 Å². The summed E-state index contributed by atoms with van der Waals surface area (Å²) in [6.45, 7) is 3.15. The van der Waals surface area contributed by atoms with Crippen molar-refractivity contribution in [2.24, 2.45) is 0 Å². The number of likely N-dealkylation sites (N-methyl/N-ethyl adjacent to an activating group) is 1. The van der Waals surface area contributed by atoms with Gasteiger partial charge in [-0.05, 0) is 37.8 Å². The van der Waals surface area contributed by atoms with Crippen LogP contribution in [0.2, 0.25) is 0 Å². The first kappa shape index (κ1) is 18.8. The molecule has 7 heteroatoms. The molecule has 0 spiro atoms. The zero-order valence-corrected chi connectivity index (χ0v) is 16.7. The maximum Gasteiger partial charge on any atom is 0.270 e. The molecule has 2 fully saturated rings. The molecule has 0 radical (unpaired) electrons. The Hall–Kier alpha value is -2.57. The van der Waals surface area contributed by atoms with Crippen molar-refractivity contribution in [2.45, 2.75) is 57.5 Å². The lowest BCUT2D eigenvalue weighted by Gasteiger charge is -2.25. The molecule has 150 valence electrons. The van der Waals surface area contributed by atoms with E-state index in [2.05, 4.69) is 10.1 Å². The van der Waals surface area contributed by atoms with E-state index >= 15 is 0 Å². The molecular formula is C21H29N5O2. The van der Waals surface area contributed by atoms with Crippen LogP contribution in [0.15, 0.2) is 24.7 Å². The van der Waals surface area contributed by atoms with E-state index in [1.807, 2.05) is 35.8 Å². The topological polar surface area (TPSA) is 74.2 Å². The number of nitrogens with one attached hydrogen (secondary N) is 1. The Kier molecular flexibility index (Phi) is 5.24. The normalized spacial score (nSPS) is 20.5. The average Bonchev–Trinajstić information content (AvgIpc) is 3.47. The van der Waals surface area contributed by atoms with E-state index < -0.39 is 0 Å². The largest absolute Gasteiger partial charge is 0.357 e. The third-order valence-corrected chi connectivity index (χ3v) is 6.29. The summed E-state index contributed by atoms with van der Waals surface area (Å²) >= 11 is 0. The second-order valence-corrected chi connectivity index (χ2v) is 8.15. The standard InChI is InChI=1S/C21H29N5O2/c1-15-8-10-22-19(15)21(28)24(2)18-9-11-25(14-18)20(27)16-12-23-26(13-16)17-6-4-3-5-7-17/h8,10,12-13,17-18,22H,3-7,9,11,14H2,1-2H3. The number of H-pyrrole nitrogens is 1. The summed E-state index contributed by atoms with van der Waals surface area (Å²) in [6, 6.07) is 2.36. The van der Waals surface area contributed by atoms with Crippen LogP contribution in [0.3, 0.4) is 0 Å². The van der Waals surface area contributed by atoms with Gasteiger partial charge >= 0.3 is 0 Å². The molecule has 1 atom stereocenters. The lowest BCUT2D eigenvalue weighted by Crippen LogP contribution is -2.40. The highest BCUT2D eigenvalue weighted by Crippen LogP contribution is 2.28. The number of aromatic amines is 1. The average molecular weight is 383 g/mol. The first-order chi connectivity index (χ1) is 13.5. The maximum atomic E-state index is 12.9. The molecule has 7 nitrogen and oxygen atoms in total. The quantitative estimate of drug-likeness (QED) is 0.882. The fourth-order valence-electron chi connectivity index (χ4n) is 4.44. The van der Waals surface area contributed by atoms with Crippen molar-refractivity contribution in [2.75, 3.05) is 20.1 Å². The predicted molar refractivity (Wildman–Crippen MR) is 106 cm³/mol. The monoisotopic (exact) mass is 383 g/mol. The van der Waals surface area contributed by atoms with Crippen molar-refractivity contribution < 1.29 is 9.59 Å². The van der Waals surface area contributed by atoms with E-state index in [4.69, 9.17) is 0 Å². The summed E-state index contributed by atoms with van der Waals surface area (Å²) < 4.78 is 1.98. The zero-order chi connectivity index (χ0) is 19.7. The summed E-state index contributed by atoms with van der Waals surface area (Å²) in [4.78, 5) is 32.3. The van der Waals surface area contributed by atoms with Gasteiger partial charge in [0.15, 0.2) is 0 Å². The van der Waals surface area contributed by atoms with Gasteiger partial charge in [0.1, 0.15) is 5.69 Å². The molecule has 1 saturated carbocycles. The molecular weight excluding hydrogens is 354 g/mol. The molecule has 1 aliphatic heterocycles. The van der Waals surface area contributed by atoms with Crippen LogP contribution in [-0.4, -0.2) is 62.6 Å². The van der Waals surface area contributed by atoms with E-state index in [-0.39, 0.29) is 17.9 Å². The Bertz CT molecular complexity index is 849. The number of likely N-dealkylation sites (tertiary alicyclic amines) is 1. The van der Waals surface area contributed by atoms with E-state index in [0.717, 1.165) is 24.8 Å². The highest BCUT2D eigenvalue weighted by molar-refractivity contribution is 5.95. The molecule has 1 unspecified atom stereocenters. The van der Waals surface area contributed by atoms with E-state index in [9.17, 15) is 9.59 Å². The Morgan fingerprint density at radius 1 is 1.21 bits per heavy atom. The van der Waals surface area contributed by atoms with E-state index in [1.165, 1.54) is 19.3 Å². The van der Waals surface area contributed by atoms with Gasteiger partial charge in [-0.15, -0.1) is 0 Å². The Labute approximate surface area is 165 Å². The number of hydrogen-bond donors (Lipinski definition) is 1. The van der Waals surface area contributed by atoms with Crippen LogP contribution in [0, 0.1) is 6.92 Å². The third-order valence-electron chi connectivity index (χ3n) is 6.29. The van der Waals surface area contributed by atoms with Crippen molar-refractivity contribution in [1.82, 2.24) is 24.6 Å². The number of hydrogen-bond acceptors (Lipinski definition) is 3. The number of rotatable bonds is 4. The number of aryl methyl sites for hydroxylation is 1. The van der Waals surface area contributed by atoms with Crippen LogP contribution >= 0.6 is 0 Å². The van der Waals surface area contributed by atoms with Crippen LogP contribution in [-0.2, 0) is 0 Å². The fraction of sp³-hybridized carbons (Fsp3) is 0.571. The lowest BCUT2D eigenvalue weighted by atomic mass is 9.96. The minimum absolute atomic E-state index is 0.0152. The highest BCUT2D eigenvalue weighted by atomic mass is 16.2. The molecule has 0 bridgehead atoms. The van der Waals surface area contributed by atoms with Gasteiger partial charge in [-0.2, -0.15) is 5.10 Å². The predicted octanol–water partition coefficient (Wildman–Crippen LogP) is 3.01. The molecule has 0 aromatic carbocycles. The number of carbonyl (C=O) groups excluding carboxylic acids is 2. The van der Waals surface area contributed by atoms with Gasteiger partial charge in [-0.25, -0.2) is 0 Å². The first-order valence-corrected chi connectivity index (χ1v) is 10.3. The van der Waals surface area contributed by atoms with E-state index in [1.54, 1.807) is 17.3 Å². The maximum absolute atomic E-state index is 12.9. The van der Waals surface area contributed by atoms with Crippen molar-refractivity contribution in [3.8, 4) is 0 Å². The number of nitrogens with zero attached hydrogens (tertiary/aromatic N) is 4. The van der Waals surface area contributed by atoms with Crippen LogP contribution in [0.1, 0.15) is 71.0 Å². The van der Waals surface area contributed by atoms with Crippen LogP contribution in [0.5, 0.6) is 0 Å². The van der Waals surface area contributed by atoms with Gasteiger partial charge in [0.05, 0.1) is 23.8 Å². The van der Waals surface area contributed by atoms with Gasteiger partial charge in [-0.3, -0.25) is 14.3 Å². The summed E-state index contributed by atoms with van der Waals surface area (Å²) in [5.41, 5.74) is 2.22. The molecule has 3 heterocycles. The second-order valence-electron chi connectivity index (χ2n) is 8.15. The molecule has 2 aromatic rings. The van der Waals surface area contributed by atoms with Gasteiger partial charge in [0.2, 0.25) is 0 Å². The van der Waals surface area contributed by atoms with Crippen molar-refractivity contribution in [3.63, 3.8) is 0 Å². The Morgan fingerprint density at radius 3 is 2.71 bits per heavy atom. The molecule has 4 rings (SSSR count). The lowest BCUT2D eigenvalue weighted by molar-refractivity contribution is 0.0696. The molecule has 1 aliphatic carbocycles. The molecule has 2 aliphatic rings. The molecule has 1 saturated heterocycles. The second kappa shape index (κ2) is 7.81. The van der Waals surface area contributed by atoms with Gasteiger partial charge in [-0.1, -0.05) is 19.3 Å². The summed E-state index contributed by atoms with van der Waals surface area (Å²) in [6.07, 6.45) is 12.2. The summed E-state index contributed by atoms with van der Waals surface area (Å²) in [5.74, 6) is -0.00613. The van der Waals surface area contributed by atoms with Gasteiger partial charge < -0.3 is 14.8 Å². The highest BCUT2D eigenvalue weighted by Gasteiger charge is 2.33. The minimum atomic E-state index is -0.0214. The number of carbonyl (C=O) groups is 2. The number of aromatic nitrogens is 3. The van der Waals surface area contributed by atoms with Crippen LogP contribution in [0.4, 0.5) is 0 Å². The molecule has 2 amide bonds. The minimum Gasteiger partial charge on any atom is -0.357 e. The third kappa shape index (κ3) is 3.57. The summed E-state index contributed by atoms with van der Waals surface area (Å²) in [5, 5.41) is 4.46. The zero-order valence-electron chi connectivity index (χ0n) is 16.7. The Balaban J connectivity index is 1.38. The fourth-order valence-corrected chi connectivity index (χ4v) is 4.44. The molecule has 2 aromatic heterocycles. The van der Waals surface area contributed by atoms with Crippen LogP contribution in [0.25, 0.3) is 0 Å². The molecule has 28 heavy (non-hydrogen) atoms.